The van der Waals surface area contributed by atoms with E-state index in [1.165, 1.54) is 18.4 Å². The number of fused-ring (bicyclic) bond motifs is 3. The largest absolute Gasteiger partial charge is 0.485 e. The lowest BCUT2D eigenvalue weighted by atomic mass is 9.82. The third-order valence-corrected chi connectivity index (χ3v) is 3.79. The fourth-order valence-electron chi connectivity index (χ4n) is 2.95. The Kier molecular flexibility index (Phi) is 1.99. The molecule has 80 valence electrons. The molecule has 2 atom stereocenters. The van der Waals surface area contributed by atoms with Crippen LogP contribution in [-0.4, -0.2) is 12.1 Å². The van der Waals surface area contributed by atoms with Crippen LogP contribution in [0.4, 0.5) is 0 Å². The average molecular weight is 203 g/mol. The van der Waals surface area contributed by atoms with Gasteiger partial charge < -0.3 is 10.1 Å². The molecule has 1 aromatic rings. The molecule has 15 heavy (non-hydrogen) atoms. The van der Waals surface area contributed by atoms with Gasteiger partial charge in [0.05, 0.1) is 6.04 Å². The molecule has 2 aliphatic heterocycles. The normalized spacial score (nSPS) is 33.0. The zero-order valence-corrected chi connectivity index (χ0v) is 9.12. The van der Waals surface area contributed by atoms with Crippen LogP contribution in [0.3, 0.4) is 0 Å². The summed E-state index contributed by atoms with van der Waals surface area (Å²) in [4.78, 5) is 0. The monoisotopic (exact) mass is 203 g/mol. The van der Waals surface area contributed by atoms with Gasteiger partial charge in [-0.3, -0.25) is 0 Å². The number of hydrogen-bond acceptors (Lipinski definition) is 2. The molecule has 1 fully saturated rings. The van der Waals surface area contributed by atoms with E-state index in [9.17, 15) is 0 Å². The third-order valence-electron chi connectivity index (χ3n) is 3.79. The smallest absolute Gasteiger partial charge is 0.128 e. The Morgan fingerprint density at radius 1 is 1.47 bits per heavy atom. The lowest BCUT2D eigenvalue weighted by Crippen LogP contribution is -2.48. The van der Waals surface area contributed by atoms with Gasteiger partial charge in [0.25, 0.3) is 0 Å². The van der Waals surface area contributed by atoms with Crippen LogP contribution in [0.5, 0.6) is 5.75 Å². The van der Waals surface area contributed by atoms with Crippen molar-refractivity contribution in [1.29, 1.82) is 0 Å². The van der Waals surface area contributed by atoms with E-state index in [0.717, 1.165) is 18.7 Å². The number of hydrogen-bond donors (Lipinski definition) is 1. The van der Waals surface area contributed by atoms with Crippen molar-refractivity contribution in [3.05, 3.63) is 29.8 Å². The van der Waals surface area contributed by atoms with Crippen LogP contribution in [0.15, 0.2) is 24.3 Å². The van der Waals surface area contributed by atoms with Gasteiger partial charge in [0.1, 0.15) is 11.4 Å². The molecule has 0 spiro atoms. The molecule has 0 amide bonds. The second kappa shape index (κ2) is 3.24. The van der Waals surface area contributed by atoms with Gasteiger partial charge in [-0.2, -0.15) is 0 Å². The number of ether oxygens (including phenoxy) is 1. The van der Waals surface area contributed by atoms with Crippen molar-refractivity contribution < 1.29 is 4.74 Å². The molecule has 2 aliphatic rings. The molecule has 0 aliphatic carbocycles. The zero-order valence-electron chi connectivity index (χ0n) is 9.12. The van der Waals surface area contributed by atoms with Gasteiger partial charge in [0, 0.05) is 5.56 Å². The van der Waals surface area contributed by atoms with E-state index in [4.69, 9.17) is 4.74 Å². The summed E-state index contributed by atoms with van der Waals surface area (Å²) in [6.45, 7) is 3.34. The Balaban J connectivity index is 2.06. The molecular formula is C13H17NO. The van der Waals surface area contributed by atoms with Gasteiger partial charge in [-0.05, 0) is 31.9 Å². The second-order valence-electron chi connectivity index (χ2n) is 4.55. The SMILES string of the molecule is CCC12CCCN[C@@H]1c1ccccc1O2. The lowest BCUT2D eigenvalue weighted by molar-refractivity contribution is 0.0245. The quantitative estimate of drug-likeness (QED) is 0.757. The number of piperidine rings is 1. The van der Waals surface area contributed by atoms with Gasteiger partial charge >= 0.3 is 0 Å². The maximum absolute atomic E-state index is 6.19. The first-order chi connectivity index (χ1) is 7.36. The Morgan fingerprint density at radius 3 is 3.20 bits per heavy atom. The number of para-hydroxylation sites is 1. The molecule has 0 radical (unpaired) electrons. The molecule has 1 saturated heterocycles. The van der Waals surface area contributed by atoms with E-state index in [1.54, 1.807) is 0 Å². The fraction of sp³-hybridized carbons (Fsp3) is 0.538. The van der Waals surface area contributed by atoms with Crippen molar-refractivity contribution in [3.8, 4) is 5.75 Å². The molecule has 1 N–H and O–H groups in total. The van der Waals surface area contributed by atoms with Crippen molar-refractivity contribution >= 4 is 0 Å². The number of nitrogens with one attached hydrogen (secondary N) is 1. The fourth-order valence-corrected chi connectivity index (χ4v) is 2.95. The highest BCUT2D eigenvalue weighted by Crippen LogP contribution is 2.48. The molecule has 3 rings (SSSR count). The van der Waals surface area contributed by atoms with E-state index >= 15 is 0 Å². The highest BCUT2D eigenvalue weighted by atomic mass is 16.5. The summed E-state index contributed by atoms with van der Waals surface area (Å²) in [5.41, 5.74) is 1.38. The molecule has 2 heteroatoms. The van der Waals surface area contributed by atoms with E-state index in [1.807, 2.05) is 0 Å². The van der Waals surface area contributed by atoms with Gasteiger partial charge in [-0.1, -0.05) is 25.1 Å². The van der Waals surface area contributed by atoms with Crippen LogP contribution < -0.4 is 10.1 Å². The van der Waals surface area contributed by atoms with Gasteiger partial charge in [0.2, 0.25) is 0 Å². The predicted octanol–water partition coefficient (Wildman–Crippen LogP) is 2.65. The van der Waals surface area contributed by atoms with Gasteiger partial charge in [-0.15, -0.1) is 0 Å². The van der Waals surface area contributed by atoms with E-state index in [-0.39, 0.29) is 5.60 Å². The maximum atomic E-state index is 6.19. The van der Waals surface area contributed by atoms with Crippen LogP contribution in [0, 0.1) is 0 Å². The van der Waals surface area contributed by atoms with Crippen LogP contribution in [0.25, 0.3) is 0 Å². The summed E-state index contributed by atoms with van der Waals surface area (Å²) >= 11 is 0. The topological polar surface area (TPSA) is 21.3 Å². The average Bonchev–Trinajstić information content (AvgIpc) is 2.64. The summed E-state index contributed by atoms with van der Waals surface area (Å²) in [5.74, 6) is 1.08. The molecule has 0 aromatic heterocycles. The Bertz CT molecular complexity index is 377. The summed E-state index contributed by atoms with van der Waals surface area (Å²) in [6, 6.07) is 8.85. The van der Waals surface area contributed by atoms with Gasteiger partial charge in [0.15, 0.2) is 0 Å². The van der Waals surface area contributed by atoms with Crippen molar-refractivity contribution in [2.24, 2.45) is 0 Å². The van der Waals surface area contributed by atoms with Crippen LogP contribution in [0.2, 0.25) is 0 Å². The first-order valence-corrected chi connectivity index (χ1v) is 5.87. The van der Waals surface area contributed by atoms with Crippen LogP contribution >= 0.6 is 0 Å². The van der Waals surface area contributed by atoms with E-state index < -0.39 is 0 Å². The third kappa shape index (κ3) is 1.21. The Labute approximate surface area is 90.6 Å². The van der Waals surface area contributed by atoms with Crippen molar-refractivity contribution in [1.82, 2.24) is 5.32 Å². The minimum atomic E-state index is 0.0297. The van der Waals surface area contributed by atoms with E-state index in [2.05, 4.69) is 36.5 Å². The summed E-state index contributed by atoms with van der Waals surface area (Å²) in [7, 11) is 0. The highest BCUT2D eigenvalue weighted by molar-refractivity contribution is 5.43. The molecule has 1 aromatic carbocycles. The Hall–Kier alpha value is -1.02. The number of rotatable bonds is 1. The second-order valence-corrected chi connectivity index (χ2v) is 4.55. The van der Waals surface area contributed by atoms with Crippen molar-refractivity contribution in [3.63, 3.8) is 0 Å². The predicted molar refractivity (Wildman–Crippen MR) is 60.1 cm³/mol. The van der Waals surface area contributed by atoms with Crippen LogP contribution in [-0.2, 0) is 0 Å². The number of benzene rings is 1. The van der Waals surface area contributed by atoms with Gasteiger partial charge in [-0.25, -0.2) is 0 Å². The molecular weight excluding hydrogens is 186 g/mol. The van der Waals surface area contributed by atoms with Crippen molar-refractivity contribution in [2.75, 3.05) is 6.54 Å². The van der Waals surface area contributed by atoms with Crippen LogP contribution in [0.1, 0.15) is 37.8 Å². The first-order valence-electron chi connectivity index (χ1n) is 5.87. The van der Waals surface area contributed by atoms with E-state index in [0.29, 0.717) is 6.04 Å². The summed E-state index contributed by atoms with van der Waals surface area (Å²) < 4.78 is 6.19. The van der Waals surface area contributed by atoms with Crippen molar-refractivity contribution in [2.45, 2.75) is 37.8 Å². The highest BCUT2D eigenvalue weighted by Gasteiger charge is 2.48. The molecule has 2 heterocycles. The first kappa shape index (κ1) is 9.22. The molecule has 1 unspecified atom stereocenters. The summed E-state index contributed by atoms with van der Waals surface area (Å²) in [6.07, 6.45) is 3.48. The minimum Gasteiger partial charge on any atom is -0.485 e. The standard InChI is InChI=1S/C13H17NO/c1-2-13-8-5-9-14-12(13)10-6-3-4-7-11(10)15-13/h3-4,6-7,12,14H,2,5,8-9H2,1H3/t12-,13?/m1/s1. The molecule has 0 bridgehead atoms. The maximum Gasteiger partial charge on any atom is 0.128 e. The molecule has 0 saturated carbocycles. The zero-order chi connectivity index (χ0) is 10.3. The Morgan fingerprint density at radius 2 is 2.33 bits per heavy atom. The lowest BCUT2D eigenvalue weighted by Gasteiger charge is -2.38. The molecule has 2 nitrogen and oxygen atoms in total. The minimum absolute atomic E-state index is 0.0297. The summed E-state index contributed by atoms with van der Waals surface area (Å²) in [5, 5.41) is 3.60.